The van der Waals surface area contributed by atoms with Crippen molar-refractivity contribution >= 4 is 17.5 Å². The highest BCUT2D eigenvalue weighted by Crippen LogP contribution is 2.38. The van der Waals surface area contributed by atoms with Gasteiger partial charge < -0.3 is 34.5 Å². The number of rotatable bonds is 13. The second kappa shape index (κ2) is 13.9. The summed E-state index contributed by atoms with van der Waals surface area (Å²) in [6.45, 7) is 7.16. The average molecular weight is 486 g/mol. The maximum atomic E-state index is 13.2. The van der Waals surface area contributed by atoms with E-state index in [9.17, 15) is 9.59 Å². The molecule has 0 aliphatic heterocycles. The van der Waals surface area contributed by atoms with Crippen molar-refractivity contribution in [1.29, 1.82) is 0 Å². The Kier molecular flexibility index (Phi) is 10.9. The van der Waals surface area contributed by atoms with Crippen molar-refractivity contribution in [1.82, 2.24) is 15.5 Å². The van der Waals surface area contributed by atoms with Gasteiger partial charge in [-0.3, -0.25) is 9.59 Å². The van der Waals surface area contributed by atoms with Gasteiger partial charge in [0.2, 0.25) is 11.7 Å². The van der Waals surface area contributed by atoms with E-state index in [1.807, 2.05) is 6.07 Å². The standard InChI is InChI=1S/C26H35N3O6/c1-7-29(8-2)14-13-27-24(30)17-20(19-11-9-10-12-21(19)32-3)28-26(31)18-15-22(33-4)25(35-6)23(16-18)34-5/h9-12,15-17H,7-8,13-14H2,1-6H3,(H,27,30)(H,28,31)/b20-17-. The van der Waals surface area contributed by atoms with Gasteiger partial charge in [-0.1, -0.05) is 26.0 Å². The first-order valence-electron chi connectivity index (χ1n) is 11.4. The van der Waals surface area contributed by atoms with Crippen molar-refractivity contribution in [2.45, 2.75) is 13.8 Å². The maximum absolute atomic E-state index is 13.2. The minimum atomic E-state index is -0.461. The Morgan fingerprint density at radius 2 is 1.49 bits per heavy atom. The molecule has 0 spiro atoms. The number of methoxy groups -OCH3 is 4. The van der Waals surface area contributed by atoms with E-state index < -0.39 is 5.91 Å². The Labute approximate surface area is 207 Å². The summed E-state index contributed by atoms with van der Waals surface area (Å²) in [7, 11) is 5.96. The van der Waals surface area contributed by atoms with Crippen LogP contribution in [-0.2, 0) is 4.79 Å². The number of para-hydroxylation sites is 1. The molecule has 0 aromatic heterocycles. The fourth-order valence-electron chi connectivity index (χ4n) is 3.51. The number of nitrogens with zero attached hydrogens (tertiary/aromatic N) is 1. The van der Waals surface area contributed by atoms with Crippen LogP contribution in [0.15, 0.2) is 42.5 Å². The first kappa shape index (κ1) is 27.5. The van der Waals surface area contributed by atoms with E-state index in [2.05, 4.69) is 29.4 Å². The maximum Gasteiger partial charge on any atom is 0.255 e. The van der Waals surface area contributed by atoms with Crippen molar-refractivity contribution in [2.75, 3.05) is 54.6 Å². The number of amides is 2. The Morgan fingerprint density at radius 3 is 2.03 bits per heavy atom. The van der Waals surface area contributed by atoms with Gasteiger partial charge in [-0.15, -0.1) is 0 Å². The van der Waals surface area contributed by atoms with Gasteiger partial charge in [0.05, 0.1) is 34.1 Å². The van der Waals surface area contributed by atoms with Gasteiger partial charge in [0.1, 0.15) is 5.75 Å². The number of carbonyl (C=O) groups excluding carboxylic acids is 2. The van der Waals surface area contributed by atoms with Gasteiger partial charge in [0, 0.05) is 30.3 Å². The summed E-state index contributed by atoms with van der Waals surface area (Å²) in [5.41, 5.74) is 1.12. The lowest BCUT2D eigenvalue weighted by Gasteiger charge is -2.18. The van der Waals surface area contributed by atoms with Crippen molar-refractivity contribution < 1.29 is 28.5 Å². The van der Waals surface area contributed by atoms with Gasteiger partial charge in [-0.05, 0) is 37.4 Å². The first-order valence-corrected chi connectivity index (χ1v) is 11.4. The number of ether oxygens (including phenoxy) is 4. The van der Waals surface area contributed by atoms with Crippen LogP contribution in [0.3, 0.4) is 0 Å². The summed E-state index contributed by atoms with van der Waals surface area (Å²) in [5, 5.41) is 5.71. The summed E-state index contributed by atoms with van der Waals surface area (Å²) < 4.78 is 21.5. The minimum absolute atomic E-state index is 0.266. The highest BCUT2D eigenvalue weighted by atomic mass is 16.5. The Balaban J connectivity index is 2.37. The van der Waals surface area contributed by atoms with Crippen LogP contribution in [0.4, 0.5) is 0 Å². The highest BCUT2D eigenvalue weighted by Gasteiger charge is 2.19. The van der Waals surface area contributed by atoms with Crippen molar-refractivity contribution in [3.8, 4) is 23.0 Å². The number of benzene rings is 2. The molecule has 0 saturated carbocycles. The summed E-state index contributed by atoms with van der Waals surface area (Å²) in [6, 6.07) is 10.2. The molecule has 0 radical (unpaired) electrons. The van der Waals surface area contributed by atoms with Gasteiger partial charge in [-0.25, -0.2) is 0 Å². The molecule has 0 aliphatic rings. The molecular weight excluding hydrogens is 450 g/mol. The van der Waals surface area contributed by atoms with Crippen molar-refractivity contribution in [2.24, 2.45) is 0 Å². The van der Waals surface area contributed by atoms with Gasteiger partial charge in [0.25, 0.3) is 5.91 Å². The third-order valence-corrected chi connectivity index (χ3v) is 5.47. The lowest BCUT2D eigenvalue weighted by Crippen LogP contribution is -2.34. The summed E-state index contributed by atoms with van der Waals surface area (Å²) in [4.78, 5) is 28.2. The lowest BCUT2D eigenvalue weighted by atomic mass is 10.1. The van der Waals surface area contributed by atoms with E-state index in [-0.39, 0.29) is 11.5 Å². The number of hydrogen-bond donors (Lipinski definition) is 2. The highest BCUT2D eigenvalue weighted by molar-refractivity contribution is 6.04. The predicted molar refractivity (Wildman–Crippen MR) is 135 cm³/mol. The number of likely N-dealkylation sites (N-methyl/N-ethyl adjacent to an activating group) is 1. The number of nitrogens with one attached hydrogen (secondary N) is 2. The quantitative estimate of drug-likeness (QED) is 0.421. The molecular formula is C26H35N3O6. The number of carbonyl (C=O) groups is 2. The van der Waals surface area contributed by atoms with Crippen molar-refractivity contribution in [3.05, 3.63) is 53.6 Å². The molecule has 0 aliphatic carbocycles. The van der Waals surface area contributed by atoms with Crippen LogP contribution < -0.4 is 29.6 Å². The molecule has 190 valence electrons. The Bertz CT molecular complexity index is 1010. The molecule has 9 nitrogen and oxygen atoms in total. The molecule has 0 atom stereocenters. The summed E-state index contributed by atoms with van der Waals surface area (Å²) in [6.07, 6.45) is 1.36. The third kappa shape index (κ3) is 7.38. The van der Waals surface area contributed by atoms with Crippen LogP contribution in [-0.4, -0.2) is 71.3 Å². The van der Waals surface area contributed by atoms with E-state index in [1.54, 1.807) is 30.3 Å². The van der Waals surface area contributed by atoms with Gasteiger partial charge in [-0.2, -0.15) is 0 Å². The molecule has 2 aromatic carbocycles. The fourth-order valence-corrected chi connectivity index (χ4v) is 3.51. The molecule has 0 heterocycles. The van der Waals surface area contributed by atoms with Crippen LogP contribution in [0.5, 0.6) is 23.0 Å². The minimum Gasteiger partial charge on any atom is -0.496 e. The number of hydrogen-bond acceptors (Lipinski definition) is 7. The molecule has 2 aromatic rings. The molecule has 2 rings (SSSR count). The molecule has 2 amide bonds. The molecule has 0 unspecified atom stereocenters. The second-order valence-electron chi connectivity index (χ2n) is 7.44. The van der Waals surface area contributed by atoms with Crippen molar-refractivity contribution in [3.63, 3.8) is 0 Å². The summed E-state index contributed by atoms with van der Waals surface area (Å²) >= 11 is 0. The summed E-state index contributed by atoms with van der Waals surface area (Å²) in [5.74, 6) is 0.781. The monoisotopic (exact) mass is 485 g/mol. The van der Waals surface area contributed by atoms with Crippen LogP contribution in [0.2, 0.25) is 0 Å². The van der Waals surface area contributed by atoms with E-state index in [0.29, 0.717) is 40.8 Å². The molecule has 35 heavy (non-hydrogen) atoms. The van der Waals surface area contributed by atoms with Crippen LogP contribution in [0, 0.1) is 0 Å². The van der Waals surface area contributed by atoms with Crippen LogP contribution >= 0.6 is 0 Å². The SMILES string of the molecule is CCN(CC)CCNC(=O)/C=C(\NC(=O)c1cc(OC)c(OC)c(OC)c1)c1ccccc1OC. The molecule has 0 bridgehead atoms. The van der Waals surface area contributed by atoms with Crippen LogP contribution in [0.25, 0.3) is 5.70 Å². The second-order valence-corrected chi connectivity index (χ2v) is 7.44. The smallest absolute Gasteiger partial charge is 0.255 e. The van der Waals surface area contributed by atoms with E-state index in [1.165, 1.54) is 34.5 Å². The average Bonchev–Trinajstić information content (AvgIpc) is 2.89. The van der Waals surface area contributed by atoms with E-state index >= 15 is 0 Å². The van der Waals surface area contributed by atoms with Gasteiger partial charge >= 0.3 is 0 Å². The van der Waals surface area contributed by atoms with Crippen LogP contribution in [0.1, 0.15) is 29.8 Å². The molecule has 0 saturated heterocycles. The lowest BCUT2D eigenvalue weighted by molar-refractivity contribution is -0.116. The normalized spacial score (nSPS) is 11.1. The zero-order valence-electron chi connectivity index (χ0n) is 21.3. The first-order chi connectivity index (χ1) is 16.9. The zero-order valence-corrected chi connectivity index (χ0v) is 21.3. The Morgan fingerprint density at radius 1 is 0.886 bits per heavy atom. The molecule has 2 N–H and O–H groups in total. The van der Waals surface area contributed by atoms with E-state index in [4.69, 9.17) is 18.9 Å². The Hall–Kier alpha value is -3.72. The molecule has 9 heteroatoms. The van der Waals surface area contributed by atoms with E-state index in [0.717, 1.165) is 19.6 Å². The third-order valence-electron chi connectivity index (χ3n) is 5.47. The predicted octanol–water partition coefficient (Wildman–Crippen LogP) is 2.95. The molecule has 0 fully saturated rings. The van der Waals surface area contributed by atoms with Gasteiger partial charge in [0.15, 0.2) is 11.5 Å². The topological polar surface area (TPSA) is 98.4 Å². The largest absolute Gasteiger partial charge is 0.496 e. The fraction of sp³-hybridized carbons (Fsp3) is 0.385. The zero-order chi connectivity index (χ0) is 25.8.